The highest BCUT2D eigenvalue weighted by Gasteiger charge is 2.19. The SMILES string of the molecule is c1ccc2cc3c(cc2c1)oc1ccc(N(c2ccc4oc5cccnc5c4c2)c2ccc4oc5cccnc5c4c2)cc13. The summed E-state index contributed by atoms with van der Waals surface area (Å²) < 4.78 is 18.6. The van der Waals surface area contributed by atoms with Crippen molar-refractivity contribution in [3.8, 4) is 0 Å². The Kier molecular flexibility index (Phi) is 4.63. The van der Waals surface area contributed by atoms with Gasteiger partial charge in [0.1, 0.15) is 33.4 Å². The highest BCUT2D eigenvalue weighted by Crippen LogP contribution is 2.42. The van der Waals surface area contributed by atoms with E-state index in [2.05, 4.69) is 93.7 Å². The molecule has 0 radical (unpaired) electrons. The Morgan fingerprint density at radius 1 is 0.386 bits per heavy atom. The molecule has 0 aliphatic heterocycles. The fraction of sp³-hybridized carbons (Fsp3) is 0. The molecule has 6 heteroatoms. The number of fused-ring (bicyclic) bond motifs is 10. The second-order valence-corrected chi connectivity index (χ2v) is 11.1. The van der Waals surface area contributed by atoms with E-state index in [1.807, 2.05) is 36.4 Å². The van der Waals surface area contributed by atoms with Gasteiger partial charge in [-0.25, -0.2) is 0 Å². The molecule has 0 aliphatic rings. The molecule has 206 valence electrons. The van der Waals surface area contributed by atoms with Gasteiger partial charge in [0.15, 0.2) is 11.2 Å². The summed E-state index contributed by atoms with van der Waals surface area (Å²) in [6, 6.07) is 39.3. The van der Waals surface area contributed by atoms with Gasteiger partial charge in [0.2, 0.25) is 0 Å². The molecule has 0 amide bonds. The largest absolute Gasteiger partial charge is 0.456 e. The minimum absolute atomic E-state index is 0.766. The Labute approximate surface area is 249 Å². The van der Waals surface area contributed by atoms with Gasteiger partial charge in [-0.1, -0.05) is 24.3 Å². The first kappa shape index (κ1) is 23.4. The zero-order chi connectivity index (χ0) is 28.8. The lowest BCUT2D eigenvalue weighted by Crippen LogP contribution is -2.09. The van der Waals surface area contributed by atoms with Crippen molar-refractivity contribution in [3.05, 3.63) is 128 Å². The van der Waals surface area contributed by atoms with Crippen LogP contribution in [0, 0.1) is 0 Å². The fourth-order valence-electron chi connectivity index (χ4n) is 6.49. The quantitative estimate of drug-likeness (QED) is 0.212. The molecule has 0 saturated heterocycles. The third-order valence-electron chi connectivity index (χ3n) is 8.51. The van der Waals surface area contributed by atoms with Crippen LogP contribution in [0.5, 0.6) is 0 Å². The molecular weight excluding hydrogens is 546 g/mol. The summed E-state index contributed by atoms with van der Waals surface area (Å²) in [5.41, 5.74) is 9.47. The van der Waals surface area contributed by atoms with Crippen LogP contribution in [0.15, 0.2) is 141 Å². The number of aromatic nitrogens is 2. The van der Waals surface area contributed by atoms with E-state index in [0.29, 0.717) is 0 Å². The van der Waals surface area contributed by atoms with Crippen molar-refractivity contribution in [2.75, 3.05) is 4.90 Å². The number of rotatable bonds is 3. The summed E-state index contributed by atoms with van der Waals surface area (Å²) in [6.07, 6.45) is 3.60. The highest BCUT2D eigenvalue weighted by molar-refractivity contribution is 6.12. The summed E-state index contributed by atoms with van der Waals surface area (Å²) in [7, 11) is 0. The van der Waals surface area contributed by atoms with E-state index in [0.717, 1.165) is 88.5 Å². The topological polar surface area (TPSA) is 68.4 Å². The lowest BCUT2D eigenvalue weighted by molar-refractivity contribution is 0.668. The number of hydrogen-bond donors (Lipinski definition) is 0. The van der Waals surface area contributed by atoms with Gasteiger partial charge in [0.25, 0.3) is 0 Å². The average Bonchev–Trinajstić information content (AvgIpc) is 3.74. The van der Waals surface area contributed by atoms with Crippen molar-refractivity contribution in [1.29, 1.82) is 0 Å². The number of nitrogens with zero attached hydrogens (tertiary/aromatic N) is 3. The predicted octanol–water partition coefficient (Wildman–Crippen LogP) is 10.8. The first-order chi connectivity index (χ1) is 21.8. The standard InChI is InChI=1S/C38H21N3O3/c1-2-6-23-18-36-27(17-22(23)5-1)28-19-24(9-12-31(28)44-36)41(25-10-13-32-29(20-25)37-34(42-32)7-3-15-39-37)26-11-14-33-30(21-26)38-35(43-33)8-4-16-40-38/h1-21H. The van der Waals surface area contributed by atoms with E-state index >= 15 is 0 Å². The van der Waals surface area contributed by atoms with Gasteiger partial charge in [-0.15, -0.1) is 0 Å². The van der Waals surface area contributed by atoms with Crippen LogP contribution >= 0.6 is 0 Å². The van der Waals surface area contributed by atoms with Gasteiger partial charge < -0.3 is 18.2 Å². The highest BCUT2D eigenvalue weighted by atomic mass is 16.3. The van der Waals surface area contributed by atoms with Gasteiger partial charge in [-0.2, -0.15) is 0 Å². The number of furan rings is 3. The molecule has 0 atom stereocenters. The van der Waals surface area contributed by atoms with Gasteiger partial charge in [-0.3, -0.25) is 9.97 Å². The average molecular weight is 568 g/mol. The van der Waals surface area contributed by atoms with E-state index in [1.165, 1.54) is 5.39 Å². The Morgan fingerprint density at radius 2 is 0.864 bits per heavy atom. The van der Waals surface area contributed by atoms with Crippen LogP contribution in [-0.2, 0) is 0 Å². The minimum Gasteiger partial charge on any atom is -0.456 e. The van der Waals surface area contributed by atoms with E-state index in [1.54, 1.807) is 12.4 Å². The van der Waals surface area contributed by atoms with Crippen LogP contribution in [0.4, 0.5) is 17.1 Å². The lowest BCUT2D eigenvalue weighted by atomic mass is 10.1. The lowest BCUT2D eigenvalue weighted by Gasteiger charge is -2.25. The third kappa shape index (κ3) is 3.36. The van der Waals surface area contributed by atoms with Crippen LogP contribution in [0.1, 0.15) is 0 Å². The molecule has 5 aromatic heterocycles. The monoisotopic (exact) mass is 567 g/mol. The van der Waals surface area contributed by atoms with E-state index in [4.69, 9.17) is 13.3 Å². The van der Waals surface area contributed by atoms with Crippen molar-refractivity contribution in [2.45, 2.75) is 0 Å². The molecule has 0 spiro atoms. The van der Waals surface area contributed by atoms with Crippen LogP contribution in [-0.4, -0.2) is 9.97 Å². The molecule has 5 aromatic carbocycles. The zero-order valence-electron chi connectivity index (χ0n) is 23.2. The van der Waals surface area contributed by atoms with Crippen molar-refractivity contribution >= 4 is 93.9 Å². The number of benzene rings is 5. The van der Waals surface area contributed by atoms with Gasteiger partial charge in [0.05, 0.1) is 0 Å². The number of pyridine rings is 2. The molecule has 0 bridgehead atoms. The van der Waals surface area contributed by atoms with E-state index in [-0.39, 0.29) is 0 Å². The summed E-state index contributed by atoms with van der Waals surface area (Å²) in [5, 5.41) is 6.40. The maximum Gasteiger partial charge on any atom is 0.153 e. The third-order valence-corrected chi connectivity index (χ3v) is 8.51. The van der Waals surface area contributed by atoms with Gasteiger partial charge in [-0.05, 0) is 102 Å². The van der Waals surface area contributed by atoms with Gasteiger partial charge >= 0.3 is 0 Å². The normalized spacial score (nSPS) is 12.1. The van der Waals surface area contributed by atoms with Crippen molar-refractivity contribution in [3.63, 3.8) is 0 Å². The molecule has 10 rings (SSSR count). The molecule has 0 fully saturated rings. The molecule has 0 unspecified atom stereocenters. The maximum atomic E-state index is 6.34. The summed E-state index contributed by atoms with van der Waals surface area (Å²) in [4.78, 5) is 11.5. The Morgan fingerprint density at radius 3 is 1.45 bits per heavy atom. The Balaban J connectivity index is 1.24. The Bertz CT molecular complexity index is 2640. The first-order valence-electron chi connectivity index (χ1n) is 14.5. The molecule has 0 aliphatic carbocycles. The number of hydrogen-bond acceptors (Lipinski definition) is 6. The second kappa shape index (κ2) is 8.69. The van der Waals surface area contributed by atoms with Crippen LogP contribution in [0.3, 0.4) is 0 Å². The van der Waals surface area contributed by atoms with E-state index in [9.17, 15) is 0 Å². The van der Waals surface area contributed by atoms with E-state index < -0.39 is 0 Å². The summed E-state index contributed by atoms with van der Waals surface area (Å²) in [5.74, 6) is 0. The summed E-state index contributed by atoms with van der Waals surface area (Å²) in [6.45, 7) is 0. The zero-order valence-corrected chi connectivity index (χ0v) is 23.2. The van der Waals surface area contributed by atoms with Crippen LogP contribution in [0.2, 0.25) is 0 Å². The summed E-state index contributed by atoms with van der Waals surface area (Å²) >= 11 is 0. The molecular formula is C38H21N3O3. The molecule has 6 nitrogen and oxygen atoms in total. The molecule has 0 saturated carbocycles. The van der Waals surface area contributed by atoms with Crippen molar-refractivity contribution in [1.82, 2.24) is 9.97 Å². The minimum atomic E-state index is 0.766. The first-order valence-corrected chi connectivity index (χ1v) is 14.5. The van der Waals surface area contributed by atoms with Crippen LogP contribution in [0.25, 0.3) is 76.8 Å². The molecule has 10 aromatic rings. The Hall–Kier alpha value is -6.14. The smallest absolute Gasteiger partial charge is 0.153 e. The molecule has 0 N–H and O–H groups in total. The molecule has 5 heterocycles. The van der Waals surface area contributed by atoms with Gasteiger partial charge in [0, 0.05) is 51.0 Å². The maximum absolute atomic E-state index is 6.34. The van der Waals surface area contributed by atoms with Crippen molar-refractivity contribution in [2.24, 2.45) is 0 Å². The predicted molar refractivity (Wildman–Crippen MR) is 176 cm³/mol. The molecule has 44 heavy (non-hydrogen) atoms. The van der Waals surface area contributed by atoms with Crippen molar-refractivity contribution < 1.29 is 13.3 Å². The second-order valence-electron chi connectivity index (χ2n) is 11.1. The number of anilines is 3. The van der Waals surface area contributed by atoms with Crippen LogP contribution < -0.4 is 4.90 Å². The fourth-order valence-corrected chi connectivity index (χ4v) is 6.49.